The van der Waals surface area contributed by atoms with Crippen molar-refractivity contribution in [2.24, 2.45) is 0 Å². The Labute approximate surface area is 609 Å². The van der Waals surface area contributed by atoms with Crippen molar-refractivity contribution >= 4 is 23.5 Å². The van der Waals surface area contributed by atoms with E-state index in [9.17, 15) is 14.4 Å². The molecule has 2 aromatic rings. The number of hydrogen-bond donors (Lipinski definition) is 2. The minimum Gasteiger partial charge on any atom is -0.481 e. The van der Waals surface area contributed by atoms with Gasteiger partial charge in [0, 0.05) is 30.5 Å². The van der Waals surface area contributed by atoms with Gasteiger partial charge in [-0.05, 0) is 23.8 Å². The van der Waals surface area contributed by atoms with Crippen LogP contribution in [0.4, 0.5) is 5.69 Å². The van der Waals surface area contributed by atoms with E-state index in [0.29, 0.717) is 324 Å². The summed E-state index contributed by atoms with van der Waals surface area (Å²) in [6.45, 7) is 23.0. The molecule has 2 N–H and O–H groups in total. The highest BCUT2D eigenvalue weighted by atomic mass is 16.6. The second-order valence-electron chi connectivity index (χ2n) is 21.7. The van der Waals surface area contributed by atoms with E-state index in [-0.39, 0.29) is 50.8 Å². The van der Waals surface area contributed by atoms with E-state index >= 15 is 0 Å². The summed E-state index contributed by atoms with van der Waals surface area (Å²) in [6.07, 6.45) is 0.336. The van der Waals surface area contributed by atoms with E-state index in [1.807, 2.05) is 48.5 Å². The van der Waals surface area contributed by atoms with Gasteiger partial charge in [0.05, 0.1) is 349 Å². The Morgan fingerprint density at radius 3 is 0.757 bits per heavy atom. The summed E-state index contributed by atoms with van der Waals surface area (Å²) in [5.74, 6) is 5.27. The average Bonchev–Trinajstić information content (AvgIpc) is 0.807. The Kier molecular flexibility index (Phi) is 66.8. The lowest BCUT2D eigenvalue weighted by Crippen LogP contribution is -2.35. The number of anilines is 1. The number of carboxylic acids is 1. The Bertz CT molecular complexity index is 2290. The van der Waals surface area contributed by atoms with Crippen LogP contribution in [0.5, 0.6) is 0 Å². The van der Waals surface area contributed by atoms with Crippen molar-refractivity contribution in [3.63, 3.8) is 0 Å². The fraction of sp³-hybridized carbons (Fsp3) is 0.764. The van der Waals surface area contributed by atoms with Gasteiger partial charge in [0.25, 0.3) is 0 Å². The highest BCUT2D eigenvalue weighted by molar-refractivity contribution is 5.95. The maximum absolute atomic E-state index is 13.3. The molecule has 0 spiro atoms. The van der Waals surface area contributed by atoms with E-state index in [2.05, 4.69) is 17.2 Å². The number of benzene rings is 2. The van der Waals surface area contributed by atoms with Crippen molar-refractivity contribution in [2.45, 2.75) is 25.8 Å². The number of aliphatic carboxylic acids is 1. The molecule has 103 heavy (non-hydrogen) atoms. The van der Waals surface area contributed by atoms with E-state index in [1.165, 1.54) is 0 Å². The van der Waals surface area contributed by atoms with E-state index in [1.54, 1.807) is 4.90 Å². The molecule has 31 heteroatoms. The zero-order chi connectivity index (χ0) is 73.0. The first kappa shape index (κ1) is 92.6. The van der Waals surface area contributed by atoms with Crippen LogP contribution in [-0.4, -0.2) is 360 Å². The summed E-state index contributed by atoms with van der Waals surface area (Å²) < 4.78 is 137. The van der Waals surface area contributed by atoms with Gasteiger partial charge in [0.2, 0.25) is 11.8 Å². The molecule has 2 amide bonds. The predicted octanol–water partition coefficient (Wildman–Crippen LogP) is 2.72. The van der Waals surface area contributed by atoms with Crippen molar-refractivity contribution < 1.29 is 138 Å². The Hall–Kier alpha value is -4.59. The summed E-state index contributed by atoms with van der Waals surface area (Å²) in [5.41, 5.74) is 3.44. The lowest BCUT2D eigenvalue weighted by molar-refractivity contribution is -0.138. The molecule has 0 saturated heterocycles. The maximum Gasteiger partial charge on any atom is 0.305 e. The lowest BCUT2D eigenvalue weighted by atomic mass is 10.0. The number of nitrogens with zero attached hydrogens (tertiary/aromatic N) is 1. The van der Waals surface area contributed by atoms with Crippen LogP contribution in [0.3, 0.4) is 0 Å². The molecule has 1 aliphatic heterocycles. The number of fused-ring (bicyclic) bond motifs is 2. The van der Waals surface area contributed by atoms with Crippen LogP contribution >= 0.6 is 0 Å². The number of rotatable bonds is 81. The third kappa shape index (κ3) is 61.2. The molecule has 0 aromatic heterocycles. The third-order valence-electron chi connectivity index (χ3n) is 13.7. The largest absolute Gasteiger partial charge is 0.481 e. The smallest absolute Gasteiger partial charge is 0.305 e. The number of ether oxygens (including phenoxy) is 25. The highest BCUT2D eigenvalue weighted by Gasteiger charge is 2.21. The summed E-state index contributed by atoms with van der Waals surface area (Å²) in [7, 11) is 0. The van der Waals surface area contributed by atoms with E-state index in [4.69, 9.17) is 124 Å². The SMILES string of the molecule is O=C(O)CCOCCOCCOCCOCCOCCOCCOCCOCCOCCOCCOCCOCCOCCOCCOCCOCCOCCOCCOCCOCCOCCOCCOCCOCCOCCC(=O)NCCC(=O)N1Cc2ccccc2C#Cc2ccccc21. The van der Waals surface area contributed by atoms with Gasteiger partial charge in [-0.25, -0.2) is 0 Å². The first-order valence-corrected chi connectivity index (χ1v) is 36.0. The van der Waals surface area contributed by atoms with Crippen LogP contribution in [0, 0.1) is 11.8 Å². The van der Waals surface area contributed by atoms with Crippen molar-refractivity contribution in [2.75, 3.05) is 342 Å². The van der Waals surface area contributed by atoms with Gasteiger partial charge in [-0.2, -0.15) is 0 Å². The minimum atomic E-state index is -0.882. The van der Waals surface area contributed by atoms with Crippen LogP contribution in [0.25, 0.3) is 0 Å². The van der Waals surface area contributed by atoms with Crippen molar-refractivity contribution in [3.05, 3.63) is 65.2 Å². The zero-order valence-corrected chi connectivity index (χ0v) is 60.8. The summed E-state index contributed by atoms with van der Waals surface area (Å²) in [4.78, 5) is 37.9. The first-order chi connectivity index (χ1) is 51.0. The second-order valence-corrected chi connectivity index (χ2v) is 21.7. The molecule has 1 heterocycles. The number of carbonyl (C=O) groups excluding carboxylic acids is 2. The molecule has 0 bridgehead atoms. The number of hydrogen-bond acceptors (Lipinski definition) is 28. The molecule has 0 atom stereocenters. The summed E-state index contributed by atoms with van der Waals surface area (Å²) >= 11 is 0. The quantitative estimate of drug-likeness (QED) is 0.0710. The molecule has 3 rings (SSSR count). The Morgan fingerprint density at radius 2 is 0.495 bits per heavy atom. The van der Waals surface area contributed by atoms with Gasteiger partial charge in [-0.3, -0.25) is 14.4 Å². The average molecular weight is 1480 g/mol. The summed E-state index contributed by atoms with van der Waals surface area (Å²) in [6, 6.07) is 15.4. The Morgan fingerprint density at radius 1 is 0.282 bits per heavy atom. The van der Waals surface area contributed by atoms with Crippen LogP contribution in [-0.2, 0) is 139 Å². The molecule has 31 nitrogen and oxygen atoms in total. The fourth-order valence-corrected chi connectivity index (χ4v) is 8.44. The second kappa shape index (κ2) is 74.3. The van der Waals surface area contributed by atoms with Gasteiger partial charge in [-0.1, -0.05) is 42.2 Å². The predicted molar refractivity (Wildman–Crippen MR) is 375 cm³/mol. The number of carboxylic acid groups (broad SMARTS) is 1. The molecule has 2 aromatic carbocycles. The molecular formula is C72H120N2O29. The zero-order valence-electron chi connectivity index (χ0n) is 60.8. The molecular weight excluding hydrogens is 1360 g/mol. The van der Waals surface area contributed by atoms with Crippen LogP contribution < -0.4 is 10.2 Å². The van der Waals surface area contributed by atoms with Crippen molar-refractivity contribution in [1.82, 2.24) is 5.32 Å². The number of nitrogens with one attached hydrogen (secondary N) is 1. The molecule has 0 unspecified atom stereocenters. The van der Waals surface area contributed by atoms with Gasteiger partial charge >= 0.3 is 5.97 Å². The van der Waals surface area contributed by atoms with Crippen molar-refractivity contribution in [1.29, 1.82) is 0 Å². The molecule has 0 radical (unpaired) electrons. The number of carbonyl (C=O) groups is 3. The van der Waals surface area contributed by atoms with Crippen molar-refractivity contribution in [3.8, 4) is 11.8 Å². The highest BCUT2D eigenvalue weighted by Crippen LogP contribution is 2.26. The van der Waals surface area contributed by atoms with Crippen LogP contribution in [0.2, 0.25) is 0 Å². The monoisotopic (exact) mass is 1480 g/mol. The molecule has 1 aliphatic rings. The van der Waals surface area contributed by atoms with E-state index < -0.39 is 5.97 Å². The van der Waals surface area contributed by atoms with Gasteiger partial charge in [-0.15, -0.1) is 0 Å². The molecule has 0 saturated carbocycles. The normalized spacial score (nSPS) is 11.9. The maximum atomic E-state index is 13.3. The van der Waals surface area contributed by atoms with Gasteiger partial charge < -0.3 is 134 Å². The van der Waals surface area contributed by atoms with Crippen LogP contribution in [0.15, 0.2) is 48.5 Å². The topological polar surface area (TPSA) is 317 Å². The first-order valence-electron chi connectivity index (χ1n) is 36.0. The minimum absolute atomic E-state index is 0.0125. The lowest BCUT2D eigenvalue weighted by Gasteiger charge is -2.26. The Balaban J connectivity index is 0.860. The number of amides is 2. The molecule has 0 fully saturated rings. The van der Waals surface area contributed by atoms with Gasteiger partial charge in [0.15, 0.2) is 0 Å². The third-order valence-corrected chi connectivity index (χ3v) is 13.7. The summed E-state index contributed by atoms with van der Waals surface area (Å²) in [5, 5.41) is 11.4. The fourth-order valence-electron chi connectivity index (χ4n) is 8.44. The van der Waals surface area contributed by atoms with Crippen LogP contribution in [0.1, 0.15) is 36.0 Å². The van der Waals surface area contributed by atoms with Gasteiger partial charge in [0.1, 0.15) is 0 Å². The van der Waals surface area contributed by atoms with E-state index in [0.717, 1.165) is 22.4 Å². The molecule has 592 valence electrons. The molecule has 0 aliphatic carbocycles. The number of para-hydroxylation sites is 1. The standard InChI is InChI=1S/C72H120N2O29/c75-70(73-14-11-71(76)74-65-68-7-2-1-5-66(68)9-10-67-6-3-4-8-69(67)74)12-15-79-17-19-81-21-23-83-25-27-85-29-31-87-33-35-89-37-39-91-41-43-93-45-47-95-49-51-97-53-55-99-57-59-101-61-63-103-64-62-102-60-58-100-56-54-98-52-50-96-48-46-94-44-42-92-40-38-90-36-34-88-32-30-86-28-26-84-24-22-82-20-18-80-16-13-72(77)78/h1-8H,11-65H2,(H,73,75)(H,77,78).